The molecule has 0 aliphatic rings. The molecule has 2 atom stereocenters. The molecule has 1 rings (SSSR count). The van der Waals surface area contributed by atoms with Crippen LogP contribution in [0.2, 0.25) is 0 Å². The standard InChI is InChI=1S/C16H24N2O3/c1-10(7-12(3)19)9-17-16(21)14-6-5-11(2)15(8-14)18-13(4)20/h5-6,8,10,12,19H,7,9H2,1-4H3,(H,17,21)(H,18,20). The average molecular weight is 292 g/mol. The van der Waals surface area contributed by atoms with Gasteiger partial charge < -0.3 is 15.7 Å². The van der Waals surface area contributed by atoms with E-state index in [9.17, 15) is 14.7 Å². The molecule has 0 aromatic heterocycles. The lowest BCUT2D eigenvalue weighted by molar-refractivity contribution is -0.114. The summed E-state index contributed by atoms with van der Waals surface area (Å²) in [4.78, 5) is 23.2. The van der Waals surface area contributed by atoms with Crippen molar-refractivity contribution in [2.45, 2.75) is 40.2 Å². The average Bonchev–Trinajstić information content (AvgIpc) is 2.37. The van der Waals surface area contributed by atoms with Crippen LogP contribution in [0.3, 0.4) is 0 Å². The van der Waals surface area contributed by atoms with Crippen LogP contribution in [0.15, 0.2) is 18.2 Å². The number of anilines is 1. The largest absolute Gasteiger partial charge is 0.393 e. The Morgan fingerprint density at radius 2 is 1.95 bits per heavy atom. The Morgan fingerprint density at radius 3 is 2.52 bits per heavy atom. The van der Waals surface area contributed by atoms with Crippen molar-refractivity contribution in [3.8, 4) is 0 Å². The molecule has 0 heterocycles. The molecule has 3 N–H and O–H groups in total. The molecule has 2 unspecified atom stereocenters. The zero-order valence-electron chi connectivity index (χ0n) is 13.1. The van der Waals surface area contributed by atoms with Crippen LogP contribution >= 0.6 is 0 Å². The van der Waals surface area contributed by atoms with E-state index in [0.717, 1.165) is 5.56 Å². The van der Waals surface area contributed by atoms with E-state index in [0.29, 0.717) is 24.2 Å². The monoisotopic (exact) mass is 292 g/mol. The molecule has 2 amide bonds. The van der Waals surface area contributed by atoms with Gasteiger partial charge in [0.2, 0.25) is 5.91 Å². The summed E-state index contributed by atoms with van der Waals surface area (Å²) in [6.07, 6.45) is 0.272. The Hall–Kier alpha value is -1.88. The number of hydrogen-bond acceptors (Lipinski definition) is 3. The fourth-order valence-electron chi connectivity index (χ4n) is 2.12. The molecule has 5 heteroatoms. The van der Waals surface area contributed by atoms with Crippen molar-refractivity contribution in [2.24, 2.45) is 5.92 Å². The summed E-state index contributed by atoms with van der Waals surface area (Å²) < 4.78 is 0. The number of aliphatic hydroxyl groups excluding tert-OH is 1. The summed E-state index contributed by atoms with van der Waals surface area (Å²) in [6.45, 7) is 7.53. The minimum Gasteiger partial charge on any atom is -0.393 e. The predicted molar refractivity (Wildman–Crippen MR) is 83.3 cm³/mol. The number of aryl methyl sites for hydroxylation is 1. The van der Waals surface area contributed by atoms with Crippen LogP contribution in [0.5, 0.6) is 0 Å². The van der Waals surface area contributed by atoms with E-state index in [2.05, 4.69) is 10.6 Å². The molecule has 0 aliphatic heterocycles. The van der Waals surface area contributed by atoms with E-state index in [1.54, 1.807) is 25.1 Å². The summed E-state index contributed by atoms with van der Waals surface area (Å²) in [7, 11) is 0. The number of nitrogens with one attached hydrogen (secondary N) is 2. The third-order valence-corrected chi connectivity index (χ3v) is 3.17. The van der Waals surface area contributed by atoms with Crippen molar-refractivity contribution in [3.63, 3.8) is 0 Å². The third kappa shape index (κ3) is 5.95. The van der Waals surface area contributed by atoms with Crippen LogP contribution in [0.25, 0.3) is 0 Å². The summed E-state index contributed by atoms with van der Waals surface area (Å²) in [5, 5.41) is 14.9. The molecule has 0 saturated carbocycles. The lowest BCUT2D eigenvalue weighted by Gasteiger charge is -2.15. The molecule has 0 aliphatic carbocycles. The molecule has 1 aromatic rings. The molecular formula is C16H24N2O3. The second-order valence-corrected chi connectivity index (χ2v) is 5.61. The zero-order valence-corrected chi connectivity index (χ0v) is 13.1. The highest BCUT2D eigenvalue weighted by Crippen LogP contribution is 2.17. The molecule has 0 fully saturated rings. The fourth-order valence-corrected chi connectivity index (χ4v) is 2.12. The van der Waals surface area contributed by atoms with E-state index in [1.165, 1.54) is 6.92 Å². The lowest BCUT2D eigenvalue weighted by atomic mass is 10.0. The number of benzene rings is 1. The number of amides is 2. The maximum Gasteiger partial charge on any atom is 0.251 e. The van der Waals surface area contributed by atoms with Crippen LogP contribution in [0.4, 0.5) is 5.69 Å². The van der Waals surface area contributed by atoms with Gasteiger partial charge in [-0.2, -0.15) is 0 Å². The van der Waals surface area contributed by atoms with Crippen LogP contribution in [0.1, 0.15) is 43.1 Å². The molecule has 0 radical (unpaired) electrons. The summed E-state index contributed by atoms with van der Waals surface area (Å²) in [6, 6.07) is 5.21. The Kier molecular flexibility index (Phi) is 6.37. The van der Waals surface area contributed by atoms with Crippen molar-refractivity contribution in [1.29, 1.82) is 0 Å². The number of carbonyl (C=O) groups excluding carboxylic acids is 2. The smallest absolute Gasteiger partial charge is 0.251 e. The minimum atomic E-state index is -0.373. The van der Waals surface area contributed by atoms with E-state index >= 15 is 0 Å². The molecule has 116 valence electrons. The van der Waals surface area contributed by atoms with Gasteiger partial charge in [-0.3, -0.25) is 9.59 Å². The van der Waals surface area contributed by atoms with Gasteiger partial charge in [0.25, 0.3) is 5.91 Å². The summed E-state index contributed by atoms with van der Waals surface area (Å²) in [5.41, 5.74) is 2.06. The highest BCUT2D eigenvalue weighted by molar-refractivity contribution is 5.97. The van der Waals surface area contributed by atoms with Crippen molar-refractivity contribution < 1.29 is 14.7 Å². The third-order valence-electron chi connectivity index (χ3n) is 3.17. The van der Waals surface area contributed by atoms with E-state index in [4.69, 9.17) is 0 Å². The first-order valence-corrected chi connectivity index (χ1v) is 7.14. The van der Waals surface area contributed by atoms with Crippen molar-refractivity contribution >= 4 is 17.5 Å². The van der Waals surface area contributed by atoms with Gasteiger partial charge in [-0.15, -0.1) is 0 Å². The quantitative estimate of drug-likeness (QED) is 0.751. The molecule has 1 aromatic carbocycles. The second kappa shape index (κ2) is 7.78. The van der Waals surface area contributed by atoms with Gasteiger partial charge in [0.1, 0.15) is 0 Å². The first kappa shape index (κ1) is 17.2. The van der Waals surface area contributed by atoms with Gasteiger partial charge in [0.05, 0.1) is 6.10 Å². The highest BCUT2D eigenvalue weighted by atomic mass is 16.3. The fraction of sp³-hybridized carbons (Fsp3) is 0.500. The Bertz CT molecular complexity index is 512. The molecule has 0 saturated heterocycles. The predicted octanol–water partition coefficient (Wildman–Crippen LogP) is 2.09. The van der Waals surface area contributed by atoms with Gasteiger partial charge in [0, 0.05) is 24.7 Å². The lowest BCUT2D eigenvalue weighted by Crippen LogP contribution is -2.29. The number of rotatable bonds is 6. The molecule has 21 heavy (non-hydrogen) atoms. The Balaban J connectivity index is 2.68. The van der Waals surface area contributed by atoms with Gasteiger partial charge >= 0.3 is 0 Å². The second-order valence-electron chi connectivity index (χ2n) is 5.61. The minimum absolute atomic E-state index is 0.166. The summed E-state index contributed by atoms with van der Waals surface area (Å²) >= 11 is 0. The van der Waals surface area contributed by atoms with Crippen molar-refractivity contribution in [3.05, 3.63) is 29.3 Å². The van der Waals surface area contributed by atoms with Gasteiger partial charge in [-0.25, -0.2) is 0 Å². The first-order valence-electron chi connectivity index (χ1n) is 7.14. The van der Waals surface area contributed by atoms with E-state index in [1.807, 2.05) is 13.8 Å². The molecule has 5 nitrogen and oxygen atoms in total. The topological polar surface area (TPSA) is 78.4 Å². The normalized spacial score (nSPS) is 13.4. The highest BCUT2D eigenvalue weighted by Gasteiger charge is 2.11. The number of hydrogen-bond donors (Lipinski definition) is 3. The van der Waals surface area contributed by atoms with Crippen LogP contribution < -0.4 is 10.6 Å². The maximum atomic E-state index is 12.1. The van der Waals surface area contributed by atoms with Gasteiger partial charge in [-0.1, -0.05) is 13.0 Å². The van der Waals surface area contributed by atoms with Gasteiger partial charge in [-0.05, 0) is 43.9 Å². The molecule has 0 spiro atoms. The van der Waals surface area contributed by atoms with Crippen molar-refractivity contribution in [1.82, 2.24) is 5.32 Å². The number of carbonyl (C=O) groups is 2. The maximum absolute atomic E-state index is 12.1. The molecule has 0 bridgehead atoms. The van der Waals surface area contributed by atoms with E-state index < -0.39 is 0 Å². The van der Waals surface area contributed by atoms with Crippen LogP contribution in [-0.4, -0.2) is 29.6 Å². The van der Waals surface area contributed by atoms with Crippen LogP contribution in [-0.2, 0) is 4.79 Å². The Morgan fingerprint density at radius 1 is 1.29 bits per heavy atom. The zero-order chi connectivity index (χ0) is 16.0. The van der Waals surface area contributed by atoms with E-state index in [-0.39, 0.29) is 23.8 Å². The van der Waals surface area contributed by atoms with Crippen LogP contribution in [0, 0.1) is 12.8 Å². The Labute approximate surface area is 125 Å². The first-order chi connectivity index (χ1) is 9.79. The SMILES string of the molecule is CC(=O)Nc1cc(C(=O)NCC(C)CC(C)O)ccc1C. The molecular weight excluding hydrogens is 268 g/mol. The van der Waals surface area contributed by atoms with Crippen molar-refractivity contribution in [2.75, 3.05) is 11.9 Å². The summed E-state index contributed by atoms with van der Waals surface area (Å²) in [5.74, 6) is -0.144. The van der Waals surface area contributed by atoms with Gasteiger partial charge in [0.15, 0.2) is 0 Å². The number of aliphatic hydroxyl groups is 1.